The van der Waals surface area contributed by atoms with Gasteiger partial charge in [0.1, 0.15) is 44.4 Å². The van der Waals surface area contributed by atoms with Crippen LogP contribution in [0.1, 0.15) is 155 Å². The maximum atomic E-state index is 15.0. The molecule has 2 aromatic heterocycles. The van der Waals surface area contributed by atoms with Crippen LogP contribution in [0.25, 0.3) is 11.2 Å². The number of H-pyrrole nitrogens is 1. The van der Waals surface area contributed by atoms with Crippen molar-refractivity contribution in [1.82, 2.24) is 24.8 Å². The summed E-state index contributed by atoms with van der Waals surface area (Å²) in [6, 6.07) is 7.52. The predicted octanol–water partition coefficient (Wildman–Crippen LogP) is 7.18. The zero-order chi connectivity index (χ0) is 49.3. The van der Waals surface area contributed by atoms with Gasteiger partial charge in [0, 0.05) is 12.8 Å². The van der Waals surface area contributed by atoms with Crippen molar-refractivity contribution in [3.63, 3.8) is 0 Å². The number of carbonyl (C=O) groups is 5. The van der Waals surface area contributed by atoms with Crippen molar-refractivity contribution in [2.75, 3.05) is 18.9 Å². The van der Waals surface area contributed by atoms with Gasteiger partial charge in [-0.3, -0.25) is 28.7 Å². The highest BCUT2D eigenvalue weighted by Gasteiger charge is 2.39. The number of unbranched alkanes of at least 4 members (excludes halogenated alkanes) is 14. The molecule has 3 aromatic rings. The number of halogens is 1. The van der Waals surface area contributed by atoms with Crippen LogP contribution in [0.3, 0.4) is 0 Å². The number of esters is 4. The Bertz CT molecular complexity index is 2070. The molecule has 3 heterocycles. The first-order valence-corrected chi connectivity index (χ1v) is 24.1. The first kappa shape index (κ1) is 55.0. The molecule has 6 atom stereocenters. The number of alkyl halides is 1. The van der Waals surface area contributed by atoms with Crippen LogP contribution in [0.5, 0.6) is 0 Å². The van der Waals surface area contributed by atoms with Crippen molar-refractivity contribution in [3.8, 4) is 0 Å². The Morgan fingerprint density at radius 3 is 2.09 bits per heavy atom. The van der Waals surface area contributed by atoms with Crippen LogP contribution in [-0.2, 0) is 54.2 Å². The van der Waals surface area contributed by atoms with Crippen LogP contribution in [0.4, 0.5) is 15.1 Å². The standard InChI is InChI=1S/C48H71FN6O13/c1-4-5-6-7-8-9-10-11-12-13-14-15-16-17-21-24-38(57)63-29-35(56)46(68-45(61)41(32(2)3)52-48(62)65-28-33-22-19-18-20-23-33)67-40(59)26-25-39(58)64-30-36-34(49)27-37(66-36)55-31-51-42-43(55)53-47(50)54-44(42)60/h18-20,22-23,31-32,34-37,41,46,56H,4-17,21,24-30H2,1-3H3,(H,52,62)(H3,50,53,54,60)/t34-,35?,36+,37+,41-,46?/m0/s1. The lowest BCUT2D eigenvalue weighted by Crippen LogP contribution is -2.49. The van der Waals surface area contributed by atoms with Gasteiger partial charge in [-0.2, -0.15) is 4.98 Å². The van der Waals surface area contributed by atoms with Crippen LogP contribution in [0.2, 0.25) is 0 Å². The molecule has 1 amide bonds. The SMILES string of the molecule is CCCCCCCCCCCCCCCCCC(=O)OCC(O)C(OC(=O)CCC(=O)OC[C@H]1O[C@@H](n2cnc3c(=O)[nH]c(N)nc32)C[C@@H]1F)OC(=O)[C@@H](NC(=O)OCc1ccccc1)C(C)C. The summed E-state index contributed by atoms with van der Waals surface area (Å²) in [6.45, 7) is 4.16. The summed E-state index contributed by atoms with van der Waals surface area (Å²) in [5.41, 5.74) is 5.84. The summed E-state index contributed by atoms with van der Waals surface area (Å²) in [6.07, 6.45) is 9.01. The second-order valence-corrected chi connectivity index (χ2v) is 17.5. The van der Waals surface area contributed by atoms with Gasteiger partial charge in [-0.25, -0.2) is 19.0 Å². The highest BCUT2D eigenvalue weighted by atomic mass is 19.1. The molecule has 5 N–H and O–H groups in total. The van der Waals surface area contributed by atoms with Gasteiger partial charge in [0.25, 0.3) is 11.8 Å². The first-order valence-electron chi connectivity index (χ1n) is 24.1. The van der Waals surface area contributed by atoms with E-state index in [-0.39, 0.29) is 36.6 Å². The Kier molecular flexibility index (Phi) is 24.2. The molecule has 0 bridgehead atoms. The van der Waals surface area contributed by atoms with Gasteiger partial charge in [0.05, 0.1) is 19.2 Å². The van der Waals surface area contributed by atoms with E-state index in [0.717, 1.165) is 25.7 Å². The highest BCUT2D eigenvalue weighted by Crippen LogP contribution is 2.32. The number of rotatable bonds is 32. The summed E-state index contributed by atoms with van der Waals surface area (Å²) in [5, 5.41) is 13.5. The normalized spacial score (nSPS) is 17.1. The molecule has 19 nitrogen and oxygen atoms in total. The number of alkyl carbamates (subject to hydrolysis) is 1. The number of ether oxygens (including phenoxy) is 6. The maximum absolute atomic E-state index is 15.0. The van der Waals surface area contributed by atoms with E-state index < -0.39 is 104 Å². The molecule has 0 spiro atoms. The van der Waals surface area contributed by atoms with Crippen molar-refractivity contribution in [2.45, 2.75) is 186 Å². The van der Waals surface area contributed by atoms with Gasteiger partial charge >= 0.3 is 30.0 Å². The minimum Gasteiger partial charge on any atom is -0.463 e. The number of fused-ring (bicyclic) bond motifs is 1. The Hall–Kier alpha value is -5.63. The molecule has 4 rings (SSSR count). The van der Waals surface area contributed by atoms with Gasteiger partial charge in [0.2, 0.25) is 5.95 Å². The summed E-state index contributed by atoms with van der Waals surface area (Å²) in [4.78, 5) is 87.0. The van der Waals surface area contributed by atoms with E-state index >= 15 is 4.39 Å². The van der Waals surface area contributed by atoms with Crippen LogP contribution in [0.15, 0.2) is 41.5 Å². The van der Waals surface area contributed by atoms with Gasteiger partial charge in [-0.05, 0) is 17.9 Å². The molecule has 20 heteroatoms. The lowest BCUT2D eigenvalue weighted by atomic mass is 10.0. The average Bonchev–Trinajstić information content (AvgIpc) is 3.91. The number of hydrogen-bond donors (Lipinski definition) is 4. The Balaban J connectivity index is 1.23. The summed E-state index contributed by atoms with van der Waals surface area (Å²) < 4.78 is 48.5. The first-order chi connectivity index (χ1) is 32.7. The van der Waals surface area contributed by atoms with Gasteiger partial charge in [-0.15, -0.1) is 0 Å². The van der Waals surface area contributed by atoms with E-state index in [0.29, 0.717) is 12.0 Å². The number of amides is 1. The van der Waals surface area contributed by atoms with Crippen molar-refractivity contribution in [3.05, 3.63) is 52.6 Å². The zero-order valence-corrected chi connectivity index (χ0v) is 39.7. The summed E-state index contributed by atoms with van der Waals surface area (Å²) >= 11 is 0. The van der Waals surface area contributed by atoms with Gasteiger partial charge in [0.15, 0.2) is 17.3 Å². The van der Waals surface area contributed by atoms with E-state index in [9.17, 15) is 33.9 Å². The van der Waals surface area contributed by atoms with Crippen LogP contribution in [0, 0.1) is 5.92 Å². The number of aliphatic hydroxyl groups excluding tert-OH is 1. The Morgan fingerprint density at radius 2 is 1.46 bits per heavy atom. The maximum Gasteiger partial charge on any atom is 0.408 e. The van der Waals surface area contributed by atoms with Crippen LogP contribution in [-0.4, -0.2) is 98.5 Å². The van der Waals surface area contributed by atoms with Crippen molar-refractivity contribution >= 4 is 47.1 Å². The van der Waals surface area contributed by atoms with Crippen LogP contribution >= 0.6 is 0 Å². The minimum absolute atomic E-state index is 0.0216. The highest BCUT2D eigenvalue weighted by molar-refractivity contribution is 5.82. The molecule has 1 aliphatic heterocycles. The second kappa shape index (κ2) is 30.0. The van der Waals surface area contributed by atoms with Crippen molar-refractivity contribution in [2.24, 2.45) is 5.92 Å². The predicted molar refractivity (Wildman–Crippen MR) is 247 cm³/mol. The number of nitrogens with two attached hydrogens (primary N) is 1. The van der Waals surface area contributed by atoms with E-state index in [1.165, 1.54) is 75.1 Å². The number of aliphatic hydroxyl groups is 1. The van der Waals surface area contributed by atoms with Crippen molar-refractivity contribution < 1.29 is 61.9 Å². The van der Waals surface area contributed by atoms with Crippen LogP contribution < -0.4 is 16.6 Å². The third-order valence-electron chi connectivity index (χ3n) is 11.5. The minimum atomic E-state index is -2.02. The molecule has 0 saturated carbocycles. The quantitative estimate of drug-likeness (QED) is 0.0209. The third kappa shape index (κ3) is 19.5. The van der Waals surface area contributed by atoms with Gasteiger partial charge in [-0.1, -0.05) is 141 Å². The molecule has 0 radical (unpaired) electrons. The lowest BCUT2D eigenvalue weighted by Gasteiger charge is -2.26. The number of nitrogens with zero attached hydrogens (tertiary/aromatic N) is 3. The van der Waals surface area contributed by atoms with E-state index in [1.807, 2.05) is 0 Å². The molecule has 1 aromatic carbocycles. The third-order valence-corrected chi connectivity index (χ3v) is 11.5. The van der Waals surface area contributed by atoms with E-state index in [2.05, 4.69) is 27.2 Å². The number of carbonyl (C=O) groups excluding carboxylic acids is 5. The fraction of sp³-hybridized carbons (Fsp3) is 0.667. The van der Waals surface area contributed by atoms with E-state index in [4.69, 9.17) is 34.2 Å². The number of nitrogen functional groups attached to an aromatic ring is 1. The summed E-state index contributed by atoms with van der Waals surface area (Å²) in [7, 11) is 0. The topological polar surface area (TPSA) is 263 Å². The molecule has 0 aliphatic carbocycles. The van der Waals surface area contributed by atoms with Gasteiger partial charge < -0.3 is 44.6 Å². The summed E-state index contributed by atoms with van der Waals surface area (Å²) in [5.74, 6) is -4.46. The number of hydrogen-bond acceptors (Lipinski definition) is 16. The fourth-order valence-corrected chi connectivity index (χ4v) is 7.53. The molecule has 1 aliphatic rings. The smallest absolute Gasteiger partial charge is 0.408 e. The average molecular weight is 959 g/mol. The monoisotopic (exact) mass is 959 g/mol. The molecule has 68 heavy (non-hydrogen) atoms. The fourth-order valence-electron chi connectivity index (χ4n) is 7.53. The second-order valence-electron chi connectivity index (χ2n) is 17.5. The van der Waals surface area contributed by atoms with E-state index in [1.54, 1.807) is 44.2 Å². The molecule has 2 unspecified atom stereocenters. The molecule has 378 valence electrons. The molecular formula is C48H71FN6O13. The molecular weight excluding hydrogens is 888 g/mol. The number of aromatic nitrogens is 4. The zero-order valence-electron chi connectivity index (χ0n) is 39.7. The Morgan fingerprint density at radius 1 is 0.853 bits per heavy atom. The number of nitrogens with one attached hydrogen (secondary N) is 2. The molecule has 1 fully saturated rings. The number of imidazole rings is 1. The Labute approximate surface area is 396 Å². The molecule has 1 saturated heterocycles. The number of anilines is 1. The lowest BCUT2D eigenvalue weighted by molar-refractivity contribution is -0.214. The number of benzene rings is 1. The largest absolute Gasteiger partial charge is 0.463 e. The van der Waals surface area contributed by atoms with Crippen molar-refractivity contribution in [1.29, 1.82) is 0 Å². The number of aromatic amines is 1.